The summed E-state index contributed by atoms with van der Waals surface area (Å²) in [4.78, 5) is 8.62. The fourth-order valence-corrected chi connectivity index (χ4v) is 3.02. The molecule has 0 amide bonds. The molecule has 2 aromatic heterocycles. The highest BCUT2D eigenvalue weighted by Crippen LogP contribution is 2.38. The molecule has 0 N–H and O–H groups in total. The van der Waals surface area contributed by atoms with Crippen LogP contribution in [0.25, 0.3) is 21.5 Å². The van der Waals surface area contributed by atoms with Crippen molar-refractivity contribution in [3.8, 4) is 28.7 Å². The van der Waals surface area contributed by atoms with Crippen molar-refractivity contribution in [1.29, 1.82) is 0 Å². The van der Waals surface area contributed by atoms with Gasteiger partial charge in [-0.25, -0.2) is 9.97 Å². The van der Waals surface area contributed by atoms with Crippen LogP contribution in [-0.2, 0) is 0 Å². The summed E-state index contributed by atoms with van der Waals surface area (Å²) in [6, 6.07) is 5.71. The van der Waals surface area contributed by atoms with Crippen LogP contribution >= 0.6 is 22.9 Å². The van der Waals surface area contributed by atoms with Gasteiger partial charge in [-0.05, 0) is 12.0 Å². The average molecular weight is 300 g/mol. The van der Waals surface area contributed by atoms with Gasteiger partial charge in [0.15, 0.2) is 5.75 Å². The number of rotatable bonds is 2. The number of ether oxygens (including phenoxy) is 1. The third-order valence-electron chi connectivity index (χ3n) is 2.83. The molecule has 0 aliphatic carbocycles. The zero-order chi connectivity index (χ0) is 14.1. The molecular formula is C15H8ClN2OS. The standard InChI is InChI=1S/C15H8ClN2OS/c1-3-9-8-20-15(18-9)10-5-4-6-11-13(10)14(16)12(19-2)7-17-11/h1,4-6,8H,2H3. The van der Waals surface area contributed by atoms with Crippen molar-refractivity contribution in [3.63, 3.8) is 0 Å². The molecule has 1 radical (unpaired) electrons. The molecule has 0 fully saturated rings. The molecular weight excluding hydrogens is 292 g/mol. The molecule has 3 nitrogen and oxygen atoms in total. The Kier molecular flexibility index (Phi) is 3.31. The molecule has 1 aromatic carbocycles. The Bertz CT molecular complexity index is 835. The van der Waals surface area contributed by atoms with Gasteiger partial charge in [0.2, 0.25) is 0 Å². The van der Waals surface area contributed by atoms with Gasteiger partial charge in [0.25, 0.3) is 0 Å². The summed E-state index contributed by atoms with van der Waals surface area (Å²) < 4.78 is 5.17. The summed E-state index contributed by atoms with van der Waals surface area (Å²) in [5.41, 5.74) is 2.24. The van der Waals surface area contributed by atoms with Gasteiger partial charge >= 0.3 is 0 Å². The number of nitrogens with zero attached hydrogens (tertiary/aromatic N) is 2. The number of pyridine rings is 1. The molecule has 0 unspecified atom stereocenters. The minimum atomic E-state index is 0.417. The van der Waals surface area contributed by atoms with Crippen LogP contribution in [-0.4, -0.2) is 17.1 Å². The van der Waals surface area contributed by atoms with Crippen molar-refractivity contribution >= 4 is 33.8 Å². The van der Waals surface area contributed by atoms with E-state index in [0.717, 1.165) is 21.5 Å². The van der Waals surface area contributed by atoms with Gasteiger partial charge in [-0.15, -0.1) is 17.8 Å². The number of methoxy groups -OCH3 is 1. The van der Waals surface area contributed by atoms with Gasteiger partial charge < -0.3 is 4.74 Å². The van der Waals surface area contributed by atoms with Gasteiger partial charge in [0.05, 0.1) is 17.6 Å². The third-order valence-corrected chi connectivity index (χ3v) is 4.06. The lowest BCUT2D eigenvalue weighted by Crippen LogP contribution is -1.90. The number of benzene rings is 1. The van der Waals surface area contributed by atoms with E-state index in [0.29, 0.717) is 16.5 Å². The van der Waals surface area contributed by atoms with Crippen LogP contribution < -0.4 is 4.74 Å². The highest BCUT2D eigenvalue weighted by atomic mass is 35.5. The van der Waals surface area contributed by atoms with Crippen molar-refractivity contribution in [1.82, 2.24) is 9.97 Å². The molecule has 0 bridgehead atoms. The summed E-state index contributed by atoms with van der Waals surface area (Å²) in [5.74, 6) is 2.94. The van der Waals surface area contributed by atoms with Gasteiger partial charge in [0.1, 0.15) is 16.9 Å². The Morgan fingerprint density at radius 3 is 3.00 bits per heavy atom. The van der Waals surface area contributed by atoms with Crippen molar-refractivity contribution in [2.24, 2.45) is 0 Å². The molecule has 0 atom stereocenters. The first-order chi connectivity index (χ1) is 9.74. The first-order valence-electron chi connectivity index (χ1n) is 5.71. The minimum Gasteiger partial charge on any atom is -0.493 e. The Morgan fingerprint density at radius 2 is 2.30 bits per heavy atom. The predicted octanol–water partition coefficient (Wildman–Crippen LogP) is 3.80. The smallest absolute Gasteiger partial charge is 0.166 e. The maximum atomic E-state index is 6.38. The molecule has 0 aliphatic rings. The van der Waals surface area contributed by atoms with Crippen molar-refractivity contribution in [2.75, 3.05) is 7.11 Å². The minimum absolute atomic E-state index is 0.417. The Morgan fingerprint density at radius 1 is 1.45 bits per heavy atom. The molecule has 20 heavy (non-hydrogen) atoms. The third kappa shape index (κ3) is 2.01. The highest BCUT2D eigenvalue weighted by molar-refractivity contribution is 7.13. The van der Waals surface area contributed by atoms with Crippen LogP contribution in [0.1, 0.15) is 5.69 Å². The fraction of sp³-hybridized carbons (Fsp3) is 0.0667. The SMILES string of the molecule is C#Cc1csc(-c2cccc3n[c]c(OC)c(Cl)c23)n1. The lowest BCUT2D eigenvalue weighted by Gasteiger charge is -2.08. The van der Waals surface area contributed by atoms with Crippen LogP contribution in [0.5, 0.6) is 5.75 Å². The number of hydrogen-bond acceptors (Lipinski definition) is 4. The summed E-state index contributed by atoms with van der Waals surface area (Å²) in [6.45, 7) is 0. The first kappa shape index (κ1) is 12.9. The van der Waals surface area contributed by atoms with Crippen LogP contribution in [0.3, 0.4) is 0 Å². The lowest BCUT2D eigenvalue weighted by molar-refractivity contribution is 0.413. The average Bonchev–Trinajstić information content (AvgIpc) is 2.96. The number of terminal acetylenes is 1. The zero-order valence-electron chi connectivity index (χ0n) is 10.5. The van der Waals surface area contributed by atoms with Crippen LogP contribution in [0.15, 0.2) is 23.6 Å². The quantitative estimate of drug-likeness (QED) is 0.675. The number of aromatic nitrogens is 2. The fourth-order valence-electron chi connectivity index (χ4n) is 1.91. The summed E-state index contributed by atoms with van der Waals surface area (Å²) in [6.07, 6.45) is 8.13. The second-order valence-electron chi connectivity index (χ2n) is 3.95. The number of fused-ring (bicyclic) bond motifs is 1. The van der Waals surface area contributed by atoms with E-state index in [1.807, 2.05) is 23.6 Å². The zero-order valence-corrected chi connectivity index (χ0v) is 12.0. The van der Waals surface area contributed by atoms with Crippen LogP contribution in [0.4, 0.5) is 0 Å². The van der Waals surface area contributed by atoms with Crippen molar-refractivity contribution in [3.05, 3.63) is 40.5 Å². The van der Waals surface area contributed by atoms with E-state index >= 15 is 0 Å². The van der Waals surface area contributed by atoms with Crippen LogP contribution in [0.2, 0.25) is 5.02 Å². The number of halogens is 1. The topological polar surface area (TPSA) is 35.0 Å². The van der Waals surface area contributed by atoms with Gasteiger partial charge in [-0.3, -0.25) is 0 Å². The normalized spacial score (nSPS) is 10.4. The predicted molar refractivity (Wildman–Crippen MR) is 81.2 cm³/mol. The Labute approximate surface area is 125 Å². The Hall–Kier alpha value is -2.09. The van der Waals surface area contributed by atoms with Crippen molar-refractivity contribution in [2.45, 2.75) is 0 Å². The summed E-state index contributed by atoms with van der Waals surface area (Å²) >= 11 is 7.85. The van der Waals surface area contributed by atoms with E-state index in [1.54, 1.807) is 0 Å². The molecule has 3 rings (SSSR count). The summed E-state index contributed by atoms with van der Waals surface area (Å²) in [5, 5.41) is 3.91. The van der Waals surface area contributed by atoms with E-state index in [9.17, 15) is 0 Å². The van der Waals surface area contributed by atoms with Gasteiger partial charge in [0, 0.05) is 16.3 Å². The van der Waals surface area contributed by atoms with E-state index in [4.69, 9.17) is 22.8 Å². The van der Waals surface area contributed by atoms with E-state index in [1.165, 1.54) is 18.4 Å². The molecule has 0 saturated heterocycles. The lowest BCUT2D eigenvalue weighted by atomic mass is 10.1. The molecule has 5 heteroatoms. The molecule has 97 valence electrons. The first-order valence-corrected chi connectivity index (χ1v) is 6.96. The number of hydrogen-bond donors (Lipinski definition) is 0. The largest absolute Gasteiger partial charge is 0.493 e. The van der Waals surface area contributed by atoms with Crippen LogP contribution in [0, 0.1) is 18.5 Å². The van der Waals surface area contributed by atoms with E-state index in [2.05, 4.69) is 22.1 Å². The molecule has 0 saturated carbocycles. The second-order valence-corrected chi connectivity index (χ2v) is 5.19. The molecule has 0 aliphatic heterocycles. The molecule has 3 aromatic rings. The number of thiazole rings is 1. The van der Waals surface area contributed by atoms with Gasteiger partial charge in [-0.1, -0.05) is 23.7 Å². The second kappa shape index (κ2) is 5.12. The Balaban J connectivity index is 2.33. The van der Waals surface area contributed by atoms with E-state index in [-0.39, 0.29) is 0 Å². The molecule has 2 heterocycles. The highest BCUT2D eigenvalue weighted by Gasteiger charge is 2.14. The van der Waals surface area contributed by atoms with Gasteiger partial charge in [-0.2, -0.15) is 0 Å². The summed E-state index contributed by atoms with van der Waals surface area (Å²) in [7, 11) is 1.54. The van der Waals surface area contributed by atoms with Crippen molar-refractivity contribution < 1.29 is 4.74 Å². The van der Waals surface area contributed by atoms with E-state index < -0.39 is 0 Å². The maximum absolute atomic E-state index is 6.38. The molecule has 0 spiro atoms. The maximum Gasteiger partial charge on any atom is 0.166 e. The monoisotopic (exact) mass is 299 g/mol.